The number of ether oxygens (including phenoxy) is 2. The van der Waals surface area contributed by atoms with E-state index >= 15 is 0 Å². The van der Waals surface area contributed by atoms with Crippen molar-refractivity contribution in [1.29, 1.82) is 0 Å². The van der Waals surface area contributed by atoms with Crippen molar-refractivity contribution >= 4 is 35.5 Å². The van der Waals surface area contributed by atoms with E-state index in [0.29, 0.717) is 0 Å². The Morgan fingerprint density at radius 1 is 1.04 bits per heavy atom. The van der Waals surface area contributed by atoms with E-state index in [0.717, 1.165) is 19.3 Å². The second kappa shape index (κ2) is 10.4. The fraction of sp³-hybridized carbons (Fsp3) is 0.333. The number of esters is 1. The van der Waals surface area contributed by atoms with Crippen LogP contribution in [0.1, 0.15) is 36.5 Å². The molecule has 2 aromatic rings. The Balaban J connectivity index is 2.39. The van der Waals surface area contributed by atoms with Crippen molar-refractivity contribution in [2.24, 2.45) is 0 Å². The van der Waals surface area contributed by atoms with Gasteiger partial charge in [0.2, 0.25) is 5.52 Å². The number of carbonyl (C=O) groups is 2. The van der Waals surface area contributed by atoms with Crippen molar-refractivity contribution in [1.82, 2.24) is 0 Å². The van der Waals surface area contributed by atoms with Gasteiger partial charge in [-0.2, -0.15) is 0 Å². The van der Waals surface area contributed by atoms with E-state index in [1.807, 2.05) is 6.92 Å². The Bertz CT molecular complexity index is 866. The Morgan fingerprint density at radius 2 is 1.75 bits per heavy atom. The van der Waals surface area contributed by atoms with Crippen molar-refractivity contribution in [3.63, 3.8) is 0 Å². The number of halogens is 1. The molecular weight excluding hydrogens is 399 g/mol. The zero-order chi connectivity index (χ0) is 20.6. The maximum Gasteiger partial charge on any atom is 0.314 e. The molecule has 7 heteroatoms. The van der Waals surface area contributed by atoms with Gasteiger partial charge >= 0.3 is 5.97 Å². The molecule has 0 bridgehead atoms. The average Bonchev–Trinajstić information content (AvgIpc) is 2.71. The highest BCUT2D eigenvalue weighted by molar-refractivity contribution is 7.88. The van der Waals surface area contributed by atoms with E-state index in [-0.39, 0.29) is 28.2 Å². The monoisotopic (exact) mass is 422 g/mol. The summed E-state index contributed by atoms with van der Waals surface area (Å²) >= 11 is 6.21. The molecule has 28 heavy (non-hydrogen) atoms. The summed E-state index contributed by atoms with van der Waals surface area (Å²) in [5, 5.41) is 0.407. The van der Waals surface area contributed by atoms with Crippen molar-refractivity contribution in [3.8, 4) is 5.75 Å². The quantitative estimate of drug-likeness (QED) is 0.309. The highest BCUT2D eigenvalue weighted by atomic mass is 35.5. The molecule has 0 saturated heterocycles. The summed E-state index contributed by atoms with van der Waals surface area (Å²) in [5.41, 5.74) is -0.704. The molecule has 0 heterocycles. The molecule has 5 nitrogen and oxygen atoms in total. The fourth-order valence-corrected chi connectivity index (χ4v) is 5.36. The first-order chi connectivity index (χ1) is 13.4. The smallest absolute Gasteiger partial charge is 0.314 e. The summed E-state index contributed by atoms with van der Waals surface area (Å²) in [4.78, 5) is 25.7. The largest absolute Gasteiger partial charge is 0.496 e. The van der Waals surface area contributed by atoms with Crippen molar-refractivity contribution < 1.29 is 23.6 Å². The number of hydrogen-bond acceptors (Lipinski definition) is 5. The Kier molecular flexibility index (Phi) is 8.28. The molecule has 0 aliphatic heterocycles. The molecule has 0 aliphatic rings. The molecule has 0 fully saturated rings. The van der Waals surface area contributed by atoms with Gasteiger partial charge < -0.3 is 14.0 Å². The topological polar surface area (TPSA) is 69.7 Å². The first kappa shape index (κ1) is 22.2. The minimum Gasteiger partial charge on any atom is -0.496 e. The molecule has 2 aromatic carbocycles. The number of methoxy groups -OCH3 is 1. The normalized spacial score (nSPS) is 12.8. The van der Waals surface area contributed by atoms with Crippen LogP contribution in [-0.4, -0.2) is 31.4 Å². The third-order valence-electron chi connectivity index (χ3n) is 4.27. The number of benzene rings is 2. The van der Waals surface area contributed by atoms with E-state index in [9.17, 15) is 14.2 Å². The second-order valence-corrected chi connectivity index (χ2v) is 9.41. The van der Waals surface area contributed by atoms with Gasteiger partial charge in [-0.25, -0.2) is 0 Å². The van der Waals surface area contributed by atoms with Gasteiger partial charge in [0.15, 0.2) is 7.14 Å². The van der Waals surface area contributed by atoms with Crippen LogP contribution in [-0.2, 0) is 14.1 Å². The number of carbonyl (C=O) groups excluding carboxylic acids is 2. The van der Waals surface area contributed by atoms with Crippen LogP contribution in [0.3, 0.4) is 0 Å². The lowest BCUT2D eigenvalue weighted by molar-refractivity contribution is -0.140. The Morgan fingerprint density at radius 3 is 2.39 bits per heavy atom. The molecule has 0 N–H and O–H groups in total. The Labute approximate surface area is 170 Å². The summed E-state index contributed by atoms with van der Waals surface area (Å²) in [6.07, 6.45) is 2.13. The maximum absolute atomic E-state index is 13.9. The third-order valence-corrected chi connectivity index (χ3v) is 7.30. The SMILES string of the molecule is CCCCCOC(=O)CP(=O)(C(=O)c1c(Cl)cccc1OC)c1ccccc1. The van der Waals surface area contributed by atoms with Crippen LogP contribution in [0.4, 0.5) is 0 Å². The van der Waals surface area contributed by atoms with Gasteiger partial charge in [-0.1, -0.05) is 67.8 Å². The third kappa shape index (κ3) is 5.24. The lowest BCUT2D eigenvalue weighted by atomic mass is 10.2. The molecule has 1 unspecified atom stereocenters. The van der Waals surface area contributed by atoms with Crippen LogP contribution in [0.25, 0.3) is 0 Å². The molecule has 150 valence electrons. The average molecular weight is 423 g/mol. The van der Waals surface area contributed by atoms with E-state index in [1.54, 1.807) is 42.5 Å². The number of unbranched alkanes of at least 4 members (excludes halogenated alkanes) is 2. The van der Waals surface area contributed by atoms with Gasteiger partial charge in [-0.3, -0.25) is 9.59 Å². The lowest BCUT2D eigenvalue weighted by Gasteiger charge is -2.19. The maximum atomic E-state index is 13.9. The summed E-state index contributed by atoms with van der Waals surface area (Å²) in [6, 6.07) is 13.0. The molecule has 2 rings (SSSR count). The molecule has 0 aliphatic carbocycles. The molecular formula is C21H24ClO5P. The summed E-state index contributed by atoms with van der Waals surface area (Å²) in [6.45, 7) is 2.28. The minimum absolute atomic E-state index is 0.0117. The van der Waals surface area contributed by atoms with Crippen LogP contribution in [0.15, 0.2) is 48.5 Å². The van der Waals surface area contributed by atoms with E-state index in [1.165, 1.54) is 13.2 Å². The number of rotatable bonds is 10. The summed E-state index contributed by atoms with van der Waals surface area (Å²) in [7, 11) is -2.44. The highest BCUT2D eigenvalue weighted by Gasteiger charge is 2.39. The molecule has 0 radical (unpaired) electrons. The zero-order valence-electron chi connectivity index (χ0n) is 16.0. The van der Waals surface area contributed by atoms with Crippen molar-refractivity contribution in [2.75, 3.05) is 19.9 Å². The fourth-order valence-electron chi connectivity index (χ4n) is 2.78. The number of hydrogen-bond donors (Lipinski definition) is 0. The van der Waals surface area contributed by atoms with Gasteiger partial charge in [0.1, 0.15) is 11.9 Å². The van der Waals surface area contributed by atoms with E-state index in [4.69, 9.17) is 21.1 Å². The van der Waals surface area contributed by atoms with Gasteiger partial charge in [-0.15, -0.1) is 0 Å². The van der Waals surface area contributed by atoms with E-state index < -0.39 is 24.8 Å². The molecule has 0 saturated carbocycles. The summed E-state index contributed by atoms with van der Waals surface area (Å²) < 4.78 is 24.3. The molecule has 0 spiro atoms. The molecule has 0 aromatic heterocycles. The standard InChI is InChI=1S/C21H24ClO5P/c1-3-4-8-14-27-19(23)15-28(25,16-10-6-5-7-11-16)21(24)20-17(22)12-9-13-18(20)26-2/h5-7,9-13H,3-4,8,14-15H2,1-2H3. The first-order valence-corrected chi connectivity index (χ1v) is 11.4. The van der Waals surface area contributed by atoms with Crippen LogP contribution < -0.4 is 10.0 Å². The minimum atomic E-state index is -3.84. The highest BCUT2D eigenvalue weighted by Crippen LogP contribution is 2.50. The van der Waals surface area contributed by atoms with Crippen LogP contribution in [0.5, 0.6) is 5.75 Å². The predicted octanol–water partition coefficient (Wildman–Crippen LogP) is 4.91. The van der Waals surface area contributed by atoms with Gasteiger partial charge in [-0.05, 0) is 18.6 Å². The molecule has 0 amide bonds. The van der Waals surface area contributed by atoms with Crippen LogP contribution >= 0.6 is 18.7 Å². The predicted molar refractivity (Wildman–Crippen MR) is 111 cm³/mol. The van der Waals surface area contributed by atoms with Gasteiger partial charge in [0, 0.05) is 5.30 Å². The second-order valence-electron chi connectivity index (χ2n) is 6.28. The zero-order valence-corrected chi connectivity index (χ0v) is 17.7. The van der Waals surface area contributed by atoms with Crippen molar-refractivity contribution in [2.45, 2.75) is 26.2 Å². The lowest BCUT2D eigenvalue weighted by Crippen LogP contribution is -2.22. The van der Waals surface area contributed by atoms with Crippen LogP contribution in [0.2, 0.25) is 5.02 Å². The van der Waals surface area contributed by atoms with Gasteiger partial charge in [0.25, 0.3) is 0 Å². The molecule has 1 atom stereocenters. The van der Waals surface area contributed by atoms with Crippen LogP contribution in [0, 0.1) is 0 Å². The Hall–Kier alpha value is -2.10. The van der Waals surface area contributed by atoms with E-state index in [2.05, 4.69) is 0 Å². The first-order valence-electron chi connectivity index (χ1n) is 9.11. The van der Waals surface area contributed by atoms with Crippen molar-refractivity contribution in [3.05, 3.63) is 59.1 Å². The summed E-state index contributed by atoms with van der Waals surface area (Å²) in [5.74, 6) is -0.451. The van der Waals surface area contributed by atoms with Gasteiger partial charge in [0.05, 0.1) is 24.3 Å².